The van der Waals surface area contributed by atoms with Gasteiger partial charge >= 0.3 is 0 Å². The Kier molecular flexibility index (Phi) is 9.47. The fraction of sp³-hybridized carbons (Fsp3) is 0.286. The Hall–Kier alpha value is -2.42. The molecule has 2 aromatic heterocycles. The molecule has 2 heterocycles. The van der Waals surface area contributed by atoms with Gasteiger partial charge in [0, 0.05) is 43.8 Å². The predicted molar refractivity (Wildman–Crippen MR) is 124 cm³/mol. The smallest absolute Gasteiger partial charge is 0.191 e. The average molecular weight is 490 g/mol. The molecule has 0 aliphatic rings. The number of nitrogens with one attached hydrogen (secondary N) is 2. The summed E-state index contributed by atoms with van der Waals surface area (Å²) in [7, 11) is 0. The zero-order valence-electron chi connectivity index (χ0n) is 16.1. The monoisotopic (exact) mass is 490 g/mol. The number of halogens is 1. The van der Waals surface area contributed by atoms with Gasteiger partial charge in [0.15, 0.2) is 5.96 Å². The molecule has 6 nitrogen and oxygen atoms in total. The van der Waals surface area contributed by atoms with E-state index < -0.39 is 0 Å². The highest BCUT2D eigenvalue weighted by atomic mass is 127. The third-order valence-corrected chi connectivity index (χ3v) is 4.16. The van der Waals surface area contributed by atoms with Gasteiger partial charge in [-0.05, 0) is 36.2 Å². The second-order valence-electron chi connectivity index (χ2n) is 6.17. The van der Waals surface area contributed by atoms with E-state index in [0.717, 1.165) is 37.7 Å². The van der Waals surface area contributed by atoms with E-state index >= 15 is 0 Å². The number of hydrogen-bond donors (Lipinski definition) is 2. The minimum Gasteiger partial charge on any atom is -0.357 e. The Morgan fingerprint density at radius 1 is 1.00 bits per heavy atom. The van der Waals surface area contributed by atoms with Gasteiger partial charge in [0.2, 0.25) is 0 Å². The Balaban J connectivity index is 0.00000280. The highest BCUT2D eigenvalue weighted by molar-refractivity contribution is 14.0. The quantitative estimate of drug-likeness (QED) is 0.289. The standard InChI is InChI=1S/C21H26N6.HI/c1-2-22-21(24-14-11-20-10-5-6-12-23-20)25-16-18-8-3-4-9-19(18)17-27-15-7-13-26-27;/h3-10,12-13,15H,2,11,14,16-17H2,1H3,(H2,22,24,25);1H. The van der Waals surface area contributed by atoms with E-state index in [2.05, 4.69) is 51.9 Å². The third-order valence-electron chi connectivity index (χ3n) is 4.16. The fourth-order valence-corrected chi connectivity index (χ4v) is 2.80. The molecule has 3 aromatic rings. The summed E-state index contributed by atoms with van der Waals surface area (Å²) in [5.74, 6) is 0.822. The van der Waals surface area contributed by atoms with Gasteiger partial charge in [0.1, 0.15) is 0 Å². The van der Waals surface area contributed by atoms with Crippen LogP contribution in [0.4, 0.5) is 0 Å². The Morgan fingerprint density at radius 2 is 1.82 bits per heavy atom. The van der Waals surface area contributed by atoms with Crippen LogP contribution in [0.5, 0.6) is 0 Å². The van der Waals surface area contributed by atoms with Crippen molar-refractivity contribution in [2.45, 2.75) is 26.4 Å². The van der Waals surface area contributed by atoms with Gasteiger partial charge in [-0.15, -0.1) is 24.0 Å². The van der Waals surface area contributed by atoms with E-state index in [1.807, 2.05) is 41.3 Å². The first kappa shape index (κ1) is 21.9. The van der Waals surface area contributed by atoms with E-state index in [0.29, 0.717) is 6.54 Å². The van der Waals surface area contributed by atoms with Crippen LogP contribution in [-0.2, 0) is 19.5 Å². The SMILES string of the molecule is CCNC(=NCc1ccccc1Cn1cccn1)NCCc1ccccn1.I. The molecular weight excluding hydrogens is 463 g/mol. The van der Waals surface area contributed by atoms with E-state index in [-0.39, 0.29) is 24.0 Å². The van der Waals surface area contributed by atoms with Crippen LogP contribution < -0.4 is 10.6 Å². The summed E-state index contributed by atoms with van der Waals surface area (Å²) < 4.78 is 1.93. The second-order valence-corrected chi connectivity index (χ2v) is 6.17. The maximum Gasteiger partial charge on any atom is 0.191 e. The summed E-state index contributed by atoms with van der Waals surface area (Å²) in [5.41, 5.74) is 3.51. The molecule has 0 saturated heterocycles. The Morgan fingerprint density at radius 3 is 2.54 bits per heavy atom. The molecule has 28 heavy (non-hydrogen) atoms. The van der Waals surface area contributed by atoms with Crippen molar-refractivity contribution in [2.24, 2.45) is 4.99 Å². The number of aromatic nitrogens is 3. The first-order valence-electron chi connectivity index (χ1n) is 9.31. The van der Waals surface area contributed by atoms with Gasteiger partial charge in [-0.2, -0.15) is 5.10 Å². The largest absolute Gasteiger partial charge is 0.357 e. The molecule has 148 valence electrons. The average Bonchev–Trinajstić information content (AvgIpc) is 3.21. The first-order chi connectivity index (χ1) is 13.3. The number of hydrogen-bond acceptors (Lipinski definition) is 3. The van der Waals surface area contributed by atoms with E-state index in [1.54, 1.807) is 6.20 Å². The predicted octanol–water partition coefficient (Wildman–Crippen LogP) is 3.24. The highest BCUT2D eigenvalue weighted by Gasteiger charge is 2.04. The van der Waals surface area contributed by atoms with Crippen molar-refractivity contribution in [3.05, 3.63) is 83.9 Å². The maximum atomic E-state index is 4.75. The number of nitrogens with zero attached hydrogens (tertiary/aromatic N) is 4. The number of aliphatic imine (C=N–C) groups is 1. The summed E-state index contributed by atoms with van der Waals surface area (Å²) in [4.78, 5) is 9.10. The molecule has 0 saturated carbocycles. The number of rotatable bonds is 8. The zero-order chi connectivity index (χ0) is 18.7. The Labute approximate surface area is 183 Å². The molecular formula is C21H27IN6. The van der Waals surface area contributed by atoms with Gasteiger partial charge in [-0.25, -0.2) is 4.99 Å². The molecule has 0 atom stereocenters. The third kappa shape index (κ3) is 6.95. The lowest BCUT2D eigenvalue weighted by Crippen LogP contribution is -2.38. The van der Waals surface area contributed by atoms with Gasteiger partial charge in [0.25, 0.3) is 0 Å². The van der Waals surface area contributed by atoms with Crippen molar-refractivity contribution in [3.8, 4) is 0 Å². The van der Waals surface area contributed by atoms with Crippen LogP contribution in [-0.4, -0.2) is 33.8 Å². The van der Waals surface area contributed by atoms with Crippen LogP contribution in [0.3, 0.4) is 0 Å². The van der Waals surface area contributed by atoms with Crippen molar-refractivity contribution in [1.29, 1.82) is 0 Å². The summed E-state index contributed by atoms with van der Waals surface area (Å²) in [6, 6.07) is 16.3. The number of guanidine groups is 1. The van der Waals surface area contributed by atoms with E-state index in [1.165, 1.54) is 11.1 Å². The van der Waals surface area contributed by atoms with Gasteiger partial charge in [0.05, 0.1) is 13.1 Å². The van der Waals surface area contributed by atoms with Gasteiger partial charge in [-0.3, -0.25) is 9.67 Å². The molecule has 0 fully saturated rings. The molecule has 7 heteroatoms. The molecule has 0 aliphatic heterocycles. The summed E-state index contributed by atoms with van der Waals surface area (Å²) in [6.45, 7) is 5.06. The second kappa shape index (κ2) is 12.1. The zero-order valence-corrected chi connectivity index (χ0v) is 18.4. The lowest BCUT2D eigenvalue weighted by Gasteiger charge is -2.12. The van der Waals surface area contributed by atoms with Crippen LogP contribution in [0, 0.1) is 0 Å². The molecule has 2 N–H and O–H groups in total. The maximum absolute atomic E-state index is 4.75. The first-order valence-corrected chi connectivity index (χ1v) is 9.31. The summed E-state index contributed by atoms with van der Waals surface area (Å²) >= 11 is 0. The molecule has 3 rings (SSSR count). The molecule has 0 unspecified atom stereocenters. The van der Waals surface area contributed by atoms with Crippen LogP contribution in [0.25, 0.3) is 0 Å². The summed E-state index contributed by atoms with van der Waals surface area (Å²) in [6.07, 6.45) is 6.46. The van der Waals surface area contributed by atoms with Crippen molar-refractivity contribution >= 4 is 29.9 Å². The van der Waals surface area contributed by atoms with Crippen molar-refractivity contribution in [2.75, 3.05) is 13.1 Å². The Bertz CT molecular complexity index is 833. The van der Waals surface area contributed by atoms with Crippen molar-refractivity contribution in [3.63, 3.8) is 0 Å². The van der Waals surface area contributed by atoms with E-state index in [4.69, 9.17) is 4.99 Å². The fourth-order valence-electron chi connectivity index (χ4n) is 2.80. The minimum absolute atomic E-state index is 0. The normalized spacial score (nSPS) is 11.0. The van der Waals surface area contributed by atoms with Crippen LogP contribution in [0.2, 0.25) is 0 Å². The highest BCUT2D eigenvalue weighted by Crippen LogP contribution is 2.11. The van der Waals surface area contributed by atoms with Crippen molar-refractivity contribution < 1.29 is 0 Å². The lowest BCUT2D eigenvalue weighted by molar-refractivity contribution is 0.680. The van der Waals surface area contributed by atoms with Gasteiger partial charge < -0.3 is 10.6 Å². The number of benzene rings is 1. The molecule has 0 bridgehead atoms. The molecule has 0 aliphatic carbocycles. The van der Waals surface area contributed by atoms with E-state index in [9.17, 15) is 0 Å². The van der Waals surface area contributed by atoms with Crippen molar-refractivity contribution in [1.82, 2.24) is 25.4 Å². The summed E-state index contributed by atoms with van der Waals surface area (Å²) in [5, 5.41) is 11.0. The molecule has 0 spiro atoms. The lowest BCUT2D eigenvalue weighted by atomic mass is 10.1. The topological polar surface area (TPSA) is 67.1 Å². The molecule has 0 radical (unpaired) electrons. The van der Waals surface area contributed by atoms with Gasteiger partial charge in [-0.1, -0.05) is 30.3 Å². The minimum atomic E-state index is 0. The number of pyridine rings is 1. The van der Waals surface area contributed by atoms with Crippen LogP contribution >= 0.6 is 24.0 Å². The molecule has 0 amide bonds. The molecule has 1 aromatic carbocycles. The van der Waals surface area contributed by atoms with Crippen LogP contribution in [0.15, 0.2) is 72.1 Å². The van der Waals surface area contributed by atoms with Crippen LogP contribution in [0.1, 0.15) is 23.7 Å².